The van der Waals surface area contributed by atoms with Gasteiger partial charge >= 0.3 is 0 Å². The lowest BCUT2D eigenvalue weighted by molar-refractivity contribution is -0.522. The zero-order chi connectivity index (χ0) is 19.1. The molecule has 0 radical (unpaired) electrons. The molecule has 0 fully saturated rings. The van der Waals surface area contributed by atoms with Crippen molar-refractivity contribution in [3.05, 3.63) is 21.9 Å². The van der Waals surface area contributed by atoms with E-state index in [-0.39, 0.29) is 11.6 Å². The van der Waals surface area contributed by atoms with Gasteiger partial charge in [0, 0.05) is 6.54 Å². The fraction of sp³-hybridized carbons (Fsp3) is 0.588. The van der Waals surface area contributed by atoms with Gasteiger partial charge in [0.25, 0.3) is 11.5 Å². The third kappa shape index (κ3) is 3.14. The third-order valence-corrected chi connectivity index (χ3v) is 4.66. The Morgan fingerprint density at radius 1 is 1.54 bits per heavy atom. The molecule has 2 aliphatic heterocycles. The van der Waals surface area contributed by atoms with Crippen molar-refractivity contribution in [2.24, 2.45) is 11.0 Å². The van der Waals surface area contributed by atoms with Crippen molar-refractivity contribution in [3.8, 4) is 5.75 Å². The second-order valence-electron chi connectivity index (χ2n) is 6.91. The summed E-state index contributed by atoms with van der Waals surface area (Å²) in [5, 5.41) is 17.3. The molecule has 0 bridgehead atoms. The van der Waals surface area contributed by atoms with Gasteiger partial charge in [0.1, 0.15) is 17.3 Å². The van der Waals surface area contributed by atoms with E-state index in [9.17, 15) is 14.7 Å². The fourth-order valence-electron chi connectivity index (χ4n) is 3.12. The highest BCUT2D eigenvalue weighted by molar-refractivity contribution is 5.99. The van der Waals surface area contributed by atoms with Crippen LogP contribution in [0.2, 0.25) is 0 Å². The number of aromatic nitrogens is 2. The van der Waals surface area contributed by atoms with Crippen molar-refractivity contribution < 1.29 is 19.3 Å². The summed E-state index contributed by atoms with van der Waals surface area (Å²) in [6.45, 7) is 9.12. The van der Waals surface area contributed by atoms with Gasteiger partial charge in [0.15, 0.2) is 18.5 Å². The first-order chi connectivity index (χ1) is 12.2. The number of aromatic hydroxyl groups is 1. The molecular weight excluding hydrogens is 338 g/mol. The summed E-state index contributed by atoms with van der Waals surface area (Å²) in [4.78, 5) is 29.2. The van der Waals surface area contributed by atoms with Crippen LogP contribution in [0.5, 0.6) is 5.75 Å². The van der Waals surface area contributed by atoms with Crippen LogP contribution in [0.25, 0.3) is 0 Å². The molecule has 0 aromatic carbocycles. The van der Waals surface area contributed by atoms with Crippen LogP contribution < -0.4 is 10.9 Å². The van der Waals surface area contributed by atoms with E-state index in [0.717, 1.165) is 12.3 Å². The number of hydrazone groups is 1. The molecule has 0 saturated carbocycles. The Morgan fingerprint density at radius 2 is 2.27 bits per heavy atom. The van der Waals surface area contributed by atoms with E-state index in [1.807, 2.05) is 24.7 Å². The maximum atomic E-state index is 12.5. The minimum absolute atomic E-state index is 0.0282. The minimum Gasteiger partial charge on any atom is -0.501 e. The number of nitrogens with one attached hydrogen (secondary N) is 1. The number of ether oxygens (including phenoxy) is 1. The Morgan fingerprint density at radius 3 is 2.92 bits per heavy atom. The Labute approximate surface area is 151 Å². The zero-order valence-electron chi connectivity index (χ0n) is 15.4. The Bertz CT molecular complexity index is 869. The number of amides is 1. The Kier molecular flexibility index (Phi) is 4.66. The number of carbonyl (C=O) groups excluding carboxylic acids is 1. The molecule has 26 heavy (non-hydrogen) atoms. The minimum atomic E-state index is -0.815. The van der Waals surface area contributed by atoms with Crippen LogP contribution in [-0.4, -0.2) is 56.9 Å². The standard InChI is InChI=1S/C17H23N5O4/c1-5-21-9-11(10(2)20-21)8-18-14(24)12-13(23)15(25)22-6-7-26-17(3,4)16(22)19-12/h9,11H,5-8H2,1-4H3,(H-,18,23,24)/p+1. The molecule has 0 aliphatic carbocycles. The van der Waals surface area contributed by atoms with E-state index in [1.54, 1.807) is 13.8 Å². The third-order valence-electron chi connectivity index (χ3n) is 4.66. The Hall–Kier alpha value is -2.55. The second-order valence-corrected chi connectivity index (χ2v) is 6.91. The topological polar surface area (TPSA) is 109 Å². The highest BCUT2D eigenvalue weighted by Gasteiger charge is 2.34. The van der Waals surface area contributed by atoms with Gasteiger partial charge in [-0.15, -0.1) is 0 Å². The summed E-state index contributed by atoms with van der Waals surface area (Å²) >= 11 is 0. The molecule has 1 aromatic heterocycles. The SMILES string of the molecule is CC[N+]1=CC(CNC(=O)c2nc3n(c(=O)c2O)CCOC3(C)C)C(C)=N1. The smallest absolute Gasteiger partial charge is 0.296 e. The summed E-state index contributed by atoms with van der Waals surface area (Å²) in [7, 11) is 0. The lowest BCUT2D eigenvalue weighted by Gasteiger charge is -2.32. The quantitative estimate of drug-likeness (QED) is 0.736. The summed E-state index contributed by atoms with van der Waals surface area (Å²) in [6.07, 6.45) is 1.93. The average Bonchev–Trinajstić information content (AvgIpc) is 2.96. The molecule has 9 heteroatoms. The first-order valence-electron chi connectivity index (χ1n) is 8.67. The number of hydrogen-bond acceptors (Lipinski definition) is 6. The van der Waals surface area contributed by atoms with E-state index in [1.165, 1.54) is 4.57 Å². The normalized spacial score (nSPS) is 21.0. The monoisotopic (exact) mass is 362 g/mol. The van der Waals surface area contributed by atoms with Crippen molar-refractivity contribution >= 4 is 17.8 Å². The predicted molar refractivity (Wildman–Crippen MR) is 94.9 cm³/mol. The first kappa shape index (κ1) is 18.2. The summed E-state index contributed by atoms with van der Waals surface area (Å²) in [6, 6.07) is 0. The van der Waals surface area contributed by atoms with Crippen LogP contribution in [0.3, 0.4) is 0 Å². The maximum absolute atomic E-state index is 12.5. The fourth-order valence-corrected chi connectivity index (χ4v) is 3.12. The van der Waals surface area contributed by atoms with E-state index in [2.05, 4.69) is 15.4 Å². The summed E-state index contributed by atoms with van der Waals surface area (Å²) in [5.41, 5.74) is -0.826. The molecule has 1 unspecified atom stereocenters. The average molecular weight is 362 g/mol. The summed E-state index contributed by atoms with van der Waals surface area (Å²) in [5.74, 6) is -0.931. The van der Waals surface area contributed by atoms with Crippen molar-refractivity contribution in [1.29, 1.82) is 0 Å². The molecule has 140 valence electrons. The van der Waals surface area contributed by atoms with Crippen molar-refractivity contribution in [2.45, 2.75) is 39.8 Å². The van der Waals surface area contributed by atoms with Crippen LogP contribution in [0.4, 0.5) is 0 Å². The van der Waals surface area contributed by atoms with Crippen LogP contribution in [0, 0.1) is 5.92 Å². The van der Waals surface area contributed by atoms with Crippen LogP contribution in [-0.2, 0) is 16.9 Å². The molecule has 0 spiro atoms. The number of nitrogens with zero attached hydrogens (tertiary/aromatic N) is 4. The molecule has 9 nitrogen and oxygen atoms in total. The predicted octanol–water partition coefficient (Wildman–Crippen LogP) is 0.0529. The molecule has 1 amide bonds. The lowest BCUT2D eigenvalue weighted by Crippen LogP contribution is -2.42. The van der Waals surface area contributed by atoms with Crippen LogP contribution in [0.1, 0.15) is 44.0 Å². The molecular formula is C17H24N5O4+. The van der Waals surface area contributed by atoms with Crippen molar-refractivity contribution in [2.75, 3.05) is 19.7 Å². The Balaban J connectivity index is 1.85. The van der Waals surface area contributed by atoms with Crippen LogP contribution >= 0.6 is 0 Å². The molecule has 0 saturated heterocycles. The van der Waals surface area contributed by atoms with E-state index >= 15 is 0 Å². The molecule has 2 aliphatic rings. The second kappa shape index (κ2) is 6.64. The van der Waals surface area contributed by atoms with Gasteiger partial charge < -0.3 is 15.2 Å². The van der Waals surface area contributed by atoms with Gasteiger partial charge in [-0.2, -0.15) is 0 Å². The molecule has 2 N–H and O–H groups in total. The van der Waals surface area contributed by atoms with Gasteiger partial charge in [0.05, 0.1) is 18.9 Å². The lowest BCUT2D eigenvalue weighted by atomic mass is 10.1. The van der Waals surface area contributed by atoms with Gasteiger partial charge in [-0.05, 0) is 32.8 Å². The van der Waals surface area contributed by atoms with Gasteiger partial charge in [-0.1, -0.05) is 4.68 Å². The number of hydrogen-bond donors (Lipinski definition) is 2. The maximum Gasteiger partial charge on any atom is 0.296 e. The van der Waals surface area contributed by atoms with Gasteiger partial charge in [-0.25, -0.2) is 4.98 Å². The molecule has 3 rings (SSSR count). The van der Waals surface area contributed by atoms with Crippen molar-refractivity contribution in [1.82, 2.24) is 14.9 Å². The molecule has 1 aromatic rings. The van der Waals surface area contributed by atoms with E-state index in [4.69, 9.17) is 4.74 Å². The molecule has 3 heterocycles. The zero-order valence-corrected chi connectivity index (χ0v) is 15.4. The number of carbonyl (C=O) groups is 1. The number of fused-ring (bicyclic) bond motifs is 1. The largest absolute Gasteiger partial charge is 0.501 e. The van der Waals surface area contributed by atoms with E-state index in [0.29, 0.717) is 25.5 Å². The highest BCUT2D eigenvalue weighted by atomic mass is 16.5. The summed E-state index contributed by atoms with van der Waals surface area (Å²) < 4.78 is 8.81. The first-order valence-corrected chi connectivity index (χ1v) is 8.67. The van der Waals surface area contributed by atoms with Gasteiger partial charge in [0.2, 0.25) is 5.75 Å². The van der Waals surface area contributed by atoms with Gasteiger partial charge in [-0.3, -0.25) is 14.2 Å². The number of rotatable bonds is 4. The van der Waals surface area contributed by atoms with Crippen LogP contribution in [0.15, 0.2) is 9.90 Å². The van der Waals surface area contributed by atoms with Crippen molar-refractivity contribution in [3.63, 3.8) is 0 Å². The highest BCUT2D eigenvalue weighted by Crippen LogP contribution is 2.27. The molecule has 1 atom stereocenters. The van der Waals surface area contributed by atoms with E-state index < -0.39 is 22.8 Å².